The van der Waals surface area contributed by atoms with E-state index in [2.05, 4.69) is 5.32 Å². The summed E-state index contributed by atoms with van der Waals surface area (Å²) in [5.41, 5.74) is 6.50. The molecular weight excluding hydrogens is 276 g/mol. The number of hydrogen-bond acceptors (Lipinski definition) is 3. The predicted octanol–water partition coefficient (Wildman–Crippen LogP) is 2.95. The molecule has 0 bridgehead atoms. The summed E-state index contributed by atoms with van der Waals surface area (Å²) in [6, 6.07) is 12.2. The highest BCUT2D eigenvalue weighted by Gasteiger charge is 2.13. The van der Waals surface area contributed by atoms with Gasteiger partial charge in [-0.15, -0.1) is 0 Å². The van der Waals surface area contributed by atoms with Crippen LogP contribution in [0.15, 0.2) is 42.5 Å². The lowest BCUT2D eigenvalue weighted by Crippen LogP contribution is -2.12. The van der Waals surface area contributed by atoms with Crippen molar-refractivity contribution in [2.24, 2.45) is 5.73 Å². The number of nitrogens with two attached hydrogens (primary N) is 1. The number of amides is 1. The largest absolute Gasteiger partial charge is 0.456 e. The van der Waals surface area contributed by atoms with Crippen molar-refractivity contribution in [2.75, 3.05) is 7.05 Å². The van der Waals surface area contributed by atoms with Crippen molar-refractivity contribution < 1.29 is 9.53 Å². The molecule has 2 aromatic carbocycles. The zero-order valence-electron chi connectivity index (χ0n) is 11.0. The van der Waals surface area contributed by atoms with Gasteiger partial charge in [-0.25, -0.2) is 0 Å². The number of carbonyl (C=O) groups is 1. The van der Waals surface area contributed by atoms with E-state index in [1.165, 1.54) is 0 Å². The van der Waals surface area contributed by atoms with Gasteiger partial charge in [0.2, 0.25) is 0 Å². The number of hydrogen-bond donors (Lipinski definition) is 2. The molecule has 5 heteroatoms. The zero-order valence-corrected chi connectivity index (χ0v) is 11.8. The van der Waals surface area contributed by atoms with E-state index in [1.54, 1.807) is 42.5 Å². The van der Waals surface area contributed by atoms with E-state index in [0.717, 1.165) is 5.56 Å². The Morgan fingerprint density at radius 1 is 1.20 bits per heavy atom. The van der Waals surface area contributed by atoms with Crippen LogP contribution in [-0.4, -0.2) is 13.0 Å². The van der Waals surface area contributed by atoms with E-state index >= 15 is 0 Å². The number of primary amides is 1. The first kappa shape index (κ1) is 14.4. The molecule has 0 atom stereocenters. The fourth-order valence-electron chi connectivity index (χ4n) is 1.86. The lowest BCUT2D eigenvalue weighted by molar-refractivity contribution is 0.0998. The smallest absolute Gasteiger partial charge is 0.252 e. The summed E-state index contributed by atoms with van der Waals surface area (Å²) in [7, 11) is 1.82. The highest BCUT2D eigenvalue weighted by atomic mass is 35.5. The summed E-state index contributed by atoms with van der Waals surface area (Å²) in [5, 5.41) is 3.64. The van der Waals surface area contributed by atoms with Gasteiger partial charge in [0, 0.05) is 17.1 Å². The second-order valence-corrected chi connectivity index (χ2v) is 4.62. The number of rotatable bonds is 5. The van der Waals surface area contributed by atoms with Crippen LogP contribution in [0, 0.1) is 0 Å². The molecule has 0 aliphatic rings. The van der Waals surface area contributed by atoms with Crippen LogP contribution >= 0.6 is 11.6 Å². The SMILES string of the molecule is CNCc1c(Cl)cccc1Oc1ccccc1C(N)=O. The van der Waals surface area contributed by atoms with Crippen LogP contribution in [0.2, 0.25) is 5.02 Å². The van der Waals surface area contributed by atoms with Crippen molar-refractivity contribution in [1.82, 2.24) is 5.32 Å². The molecule has 0 aliphatic carbocycles. The topological polar surface area (TPSA) is 64.3 Å². The molecule has 0 fully saturated rings. The third kappa shape index (κ3) is 3.10. The third-order valence-corrected chi connectivity index (χ3v) is 3.16. The van der Waals surface area contributed by atoms with E-state index in [0.29, 0.717) is 28.6 Å². The van der Waals surface area contributed by atoms with Gasteiger partial charge in [0.05, 0.1) is 5.56 Å². The van der Waals surface area contributed by atoms with Gasteiger partial charge in [0.1, 0.15) is 11.5 Å². The van der Waals surface area contributed by atoms with E-state index in [4.69, 9.17) is 22.1 Å². The minimum absolute atomic E-state index is 0.336. The van der Waals surface area contributed by atoms with Crippen molar-refractivity contribution in [2.45, 2.75) is 6.54 Å². The fourth-order valence-corrected chi connectivity index (χ4v) is 2.09. The van der Waals surface area contributed by atoms with Crippen molar-refractivity contribution in [3.8, 4) is 11.5 Å². The van der Waals surface area contributed by atoms with E-state index < -0.39 is 5.91 Å². The Balaban J connectivity index is 2.40. The quantitative estimate of drug-likeness (QED) is 0.890. The minimum Gasteiger partial charge on any atom is -0.456 e. The highest BCUT2D eigenvalue weighted by Crippen LogP contribution is 2.31. The number of ether oxygens (including phenoxy) is 1. The second kappa shape index (κ2) is 6.41. The maximum atomic E-state index is 11.4. The fraction of sp³-hybridized carbons (Fsp3) is 0.133. The summed E-state index contributed by atoms with van der Waals surface area (Å²) in [6.45, 7) is 0.563. The number of nitrogens with one attached hydrogen (secondary N) is 1. The van der Waals surface area contributed by atoms with Crippen LogP contribution in [0.1, 0.15) is 15.9 Å². The molecule has 0 saturated heterocycles. The summed E-state index contributed by atoms with van der Waals surface area (Å²) in [5.74, 6) is 0.484. The Bertz CT molecular complexity index is 629. The Kier molecular flexibility index (Phi) is 4.61. The van der Waals surface area contributed by atoms with Crippen LogP contribution in [0.4, 0.5) is 0 Å². The standard InChI is InChI=1S/C15H15ClN2O2/c1-18-9-11-12(16)6-4-8-14(11)20-13-7-3-2-5-10(13)15(17)19/h2-8,18H,9H2,1H3,(H2,17,19). The van der Waals surface area contributed by atoms with E-state index in [-0.39, 0.29) is 0 Å². The molecule has 0 spiro atoms. The first-order valence-corrected chi connectivity index (χ1v) is 6.50. The molecule has 2 aromatic rings. The van der Waals surface area contributed by atoms with Gasteiger partial charge in [0.15, 0.2) is 0 Å². The number of carbonyl (C=O) groups excluding carboxylic acids is 1. The predicted molar refractivity (Wildman–Crippen MR) is 79.2 cm³/mol. The molecule has 0 aliphatic heterocycles. The van der Waals surface area contributed by atoms with Crippen molar-refractivity contribution in [3.05, 3.63) is 58.6 Å². The lowest BCUT2D eigenvalue weighted by atomic mass is 10.1. The average molecular weight is 291 g/mol. The molecule has 0 heterocycles. The van der Waals surface area contributed by atoms with Gasteiger partial charge >= 0.3 is 0 Å². The molecular formula is C15H15ClN2O2. The molecule has 0 unspecified atom stereocenters. The Hall–Kier alpha value is -2.04. The summed E-state index contributed by atoms with van der Waals surface area (Å²) in [4.78, 5) is 11.4. The van der Waals surface area contributed by atoms with Crippen LogP contribution in [-0.2, 0) is 6.54 Å². The Labute approximate surface area is 122 Å². The van der Waals surface area contributed by atoms with Gasteiger partial charge < -0.3 is 15.8 Å². The molecule has 1 amide bonds. The molecule has 20 heavy (non-hydrogen) atoms. The molecule has 4 nitrogen and oxygen atoms in total. The normalized spacial score (nSPS) is 10.3. The van der Waals surface area contributed by atoms with Crippen LogP contribution in [0.5, 0.6) is 11.5 Å². The molecule has 2 rings (SSSR count). The molecule has 0 saturated carbocycles. The second-order valence-electron chi connectivity index (χ2n) is 4.21. The molecule has 104 valence electrons. The van der Waals surface area contributed by atoms with Crippen molar-refractivity contribution in [1.29, 1.82) is 0 Å². The van der Waals surface area contributed by atoms with E-state index in [1.807, 2.05) is 7.05 Å². The van der Waals surface area contributed by atoms with E-state index in [9.17, 15) is 4.79 Å². The first-order chi connectivity index (χ1) is 9.63. The number of halogens is 1. The van der Waals surface area contributed by atoms with Gasteiger partial charge in [-0.3, -0.25) is 4.79 Å². The summed E-state index contributed by atoms with van der Waals surface area (Å²) in [6.07, 6.45) is 0. The number of para-hydroxylation sites is 1. The maximum absolute atomic E-state index is 11.4. The Morgan fingerprint density at radius 2 is 1.90 bits per heavy atom. The van der Waals surface area contributed by atoms with Crippen LogP contribution in [0.25, 0.3) is 0 Å². The van der Waals surface area contributed by atoms with Gasteiger partial charge in [-0.1, -0.05) is 29.8 Å². The monoisotopic (exact) mass is 290 g/mol. The Morgan fingerprint density at radius 3 is 2.60 bits per heavy atom. The van der Waals surface area contributed by atoms with Crippen LogP contribution in [0.3, 0.4) is 0 Å². The lowest BCUT2D eigenvalue weighted by Gasteiger charge is -2.14. The minimum atomic E-state index is -0.530. The third-order valence-electron chi connectivity index (χ3n) is 2.80. The zero-order chi connectivity index (χ0) is 14.5. The van der Waals surface area contributed by atoms with Crippen molar-refractivity contribution >= 4 is 17.5 Å². The van der Waals surface area contributed by atoms with Gasteiger partial charge in [-0.2, -0.15) is 0 Å². The van der Waals surface area contributed by atoms with Crippen LogP contribution < -0.4 is 15.8 Å². The van der Waals surface area contributed by atoms with Gasteiger partial charge in [-0.05, 0) is 31.3 Å². The summed E-state index contributed by atoms with van der Waals surface area (Å²) < 4.78 is 5.81. The molecule has 0 aromatic heterocycles. The average Bonchev–Trinajstić information content (AvgIpc) is 2.43. The summed E-state index contributed by atoms with van der Waals surface area (Å²) >= 11 is 6.17. The number of benzene rings is 2. The van der Waals surface area contributed by atoms with Gasteiger partial charge in [0.25, 0.3) is 5.91 Å². The highest BCUT2D eigenvalue weighted by molar-refractivity contribution is 6.31. The molecule has 0 radical (unpaired) electrons. The van der Waals surface area contributed by atoms with Crippen molar-refractivity contribution in [3.63, 3.8) is 0 Å². The molecule has 3 N–H and O–H groups in total. The maximum Gasteiger partial charge on any atom is 0.252 e. The first-order valence-electron chi connectivity index (χ1n) is 6.12.